The predicted octanol–water partition coefficient (Wildman–Crippen LogP) is 2.63. The van der Waals surface area contributed by atoms with E-state index in [9.17, 15) is 0 Å². The van der Waals surface area contributed by atoms with Crippen molar-refractivity contribution in [2.24, 2.45) is 4.99 Å². The molecular formula is C20H29N5O2. The van der Waals surface area contributed by atoms with Crippen molar-refractivity contribution < 1.29 is 9.15 Å². The molecule has 7 heteroatoms. The number of benzene rings is 1. The van der Waals surface area contributed by atoms with E-state index in [4.69, 9.17) is 9.15 Å². The molecule has 0 bridgehead atoms. The third kappa shape index (κ3) is 4.72. The van der Waals surface area contributed by atoms with Crippen molar-refractivity contribution in [1.29, 1.82) is 0 Å². The van der Waals surface area contributed by atoms with Crippen molar-refractivity contribution in [2.75, 3.05) is 31.6 Å². The number of methoxy groups -OCH3 is 1. The van der Waals surface area contributed by atoms with E-state index in [0.29, 0.717) is 18.5 Å². The van der Waals surface area contributed by atoms with Crippen LogP contribution in [0.25, 0.3) is 0 Å². The number of aliphatic imine (C=N–C) groups is 1. The van der Waals surface area contributed by atoms with Crippen LogP contribution in [-0.4, -0.2) is 43.7 Å². The van der Waals surface area contributed by atoms with E-state index in [1.807, 2.05) is 32.0 Å². The van der Waals surface area contributed by atoms with Gasteiger partial charge in [0, 0.05) is 25.7 Å². The van der Waals surface area contributed by atoms with Crippen molar-refractivity contribution in [3.05, 3.63) is 41.6 Å². The SMILES string of the molecule is CCNC(=NCc1nc(C)c(C)o1)NC1CCN(c2ccccc2OC)C1. The smallest absolute Gasteiger partial charge is 0.216 e. The number of nitrogens with zero attached hydrogens (tertiary/aromatic N) is 3. The van der Waals surface area contributed by atoms with Gasteiger partial charge in [0.05, 0.1) is 18.5 Å². The van der Waals surface area contributed by atoms with Crippen molar-refractivity contribution in [3.8, 4) is 5.75 Å². The first-order valence-corrected chi connectivity index (χ1v) is 9.46. The number of para-hydroxylation sites is 2. The van der Waals surface area contributed by atoms with E-state index < -0.39 is 0 Å². The quantitative estimate of drug-likeness (QED) is 0.601. The Balaban J connectivity index is 1.62. The largest absolute Gasteiger partial charge is 0.495 e. The Morgan fingerprint density at radius 2 is 2.19 bits per heavy atom. The molecule has 0 radical (unpaired) electrons. The molecule has 2 heterocycles. The Labute approximate surface area is 160 Å². The third-order valence-corrected chi connectivity index (χ3v) is 4.74. The van der Waals surface area contributed by atoms with E-state index in [1.54, 1.807) is 7.11 Å². The number of aromatic nitrogens is 1. The first-order chi connectivity index (χ1) is 13.1. The number of oxazole rings is 1. The first-order valence-electron chi connectivity index (χ1n) is 9.46. The van der Waals surface area contributed by atoms with E-state index in [-0.39, 0.29) is 0 Å². The molecule has 0 spiro atoms. The molecule has 1 saturated heterocycles. The normalized spacial score (nSPS) is 17.3. The second-order valence-corrected chi connectivity index (χ2v) is 6.69. The van der Waals surface area contributed by atoms with E-state index >= 15 is 0 Å². The molecule has 1 atom stereocenters. The van der Waals surface area contributed by atoms with Gasteiger partial charge in [0.2, 0.25) is 5.89 Å². The number of hydrogen-bond donors (Lipinski definition) is 2. The number of guanidine groups is 1. The standard InChI is InChI=1S/C20H29N5O2/c1-5-21-20(22-12-19-23-14(2)15(3)27-19)24-16-10-11-25(13-16)17-8-6-7-9-18(17)26-4/h6-9,16H,5,10-13H2,1-4H3,(H2,21,22,24). The number of aryl methyl sites for hydroxylation is 2. The molecule has 27 heavy (non-hydrogen) atoms. The fraction of sp³-hybridized carbons (Fsp3) is 0.500. The molecule has 146 valence electrons. The molecule has 2 aromatic rings. The van der Waals surface area contributed by atoms with Crippen LogP contribution in [0.3, 0.4) is 0 Å². The minimum Gasteiger partial charge on any atom is -0.495 e. The number of anilines is 1. The molecule has 1 aliphatic rings. The number of rotatable bonds is 6. The molecule has 0 aliphatic carbocycles. The number of nitrogens with one attached hydrogen (secondary N) is 2. The summed E-state index contributed by atoms with van der Waals surface area (Å²) in [5.74, 6) is 3.19. The highest BCUT2D eigenvalue weighted by atomic mass is 16.5. The summed E-state index contributed by atoms with van der Waals surface area (Å²) in [5, 5.41) is 6.84. The van der Waals surface area contributed by atoms with Gasteiger partial charge in [-0.25, -0.2) is 9.98 Å². The molecule has 3 rings (SSSR count). The average molecular weight is 371 g/mol. The van der Waals surface area contributed by atoms with Crippen LogP contribution in [0.1, 0.15) is 30.7 Å². The summed E-state index contributed by atoms with van der Waals surface area (Å²) in [4.78, 5) is 11.4. The fourth-order valence-corrected chi connectivity index (χ4v) is 3.25. The zero-order valence-electron chi connectivity index (χ0n) is 16.6. The maximum absolute atomic E-state index is 5.62. The van der Waals surface area contributed by atoms with Gasteiger partial charge in [-0.05, 0) is 39.3 Å². The molecule has 1 unspecified atom stereocenters. The lowest BCUT2D eigenvalue weighted by Crippen LogP contribution is -2.44. The lowest BCUT2D eigenvalue weighted by atomic mass is 10.2. The van der Waals surface area contributed by atoms with Crippen LogP contribution in [0, 0.1) is 13.8 Å². The molecule has 1 aromatic heterocycles. The monoisotopic (exact) mass is 371 g/mol. The Hall–Kier alpha value is -2.70. The number of ether oxygens (including phenoxy) is 1. The van der Waals surface area contributed by atoms with E-state index in [0.717, 1.165) is 54.9 Å². The van der Waals surface area contributed by atoms with Gasteiger partial charge >= 0.3 is 0 Å². The van der Waals surface area contributed by atoms with Crippen LogP contribution in [0.15, 0.2) is 33.7 Å². The Bertz CT molecular complexity index is 767. The summed E-state index contributed by atoms with van der Waals surface area (Å²) < 4.78 is 11.1. The van der Waals surface area contributed by atoms with E-state index in [2.05, 4.69) is 38.5 Å². The minimum atomic E-state index is 0.320. The van der Waals surface area contributed by atoms with Crippen molar-refractivity contribution in [2.45, 2.75) is 39.8 Å². The molecule has 2 N–H and O–H groups in total. The maximum Gasteiger partial charge on any atom is 0.216 e. The van der Waals surface area contributed by atoms with Gasteiger partial charge in [0.1, 0.15) is 18.1 Å². The summed E-state index contributed by atoms with van der Waals surface area (Å²) in [5.41, 5.74) is 2.05. The van der Waals surface area contributed by atoms with Crippen molar-refractivity contribution >= 4 is 11.6 Å². The summed E-state index contributed by atoms with van der Waals surface area (Å²) in [6.45, 7) is 9.04. The topological polar surface area (TPSA) is 74.9 Å². The van der Waals surface area contributed by atoms with Gasteiger partial charge in [-0.3, -0.25) is 0 Å². The minimum absolute atomic E-state index is 0.320. The van der Waals surface area contributed by atoms with Crippen molar-refractivity contribution in [1.82, 2.24) is 15.6 Å². The molecule has 7 nitrogen and oxygen atoms in total. The van der Waals surface area contributed by atoms with Crippen LogP contribution in [-0.2, 0) is 6.54 Å². The van der Waals surface area contributed by atoms with Gasteiger partial charge in [0.15, 0.2) is 5.96 Å². The molecule has 1 fully saturated rings. The third-order valence-electron chi connectivity index (χ3n) is 4.74. The van der Waals surface area contributed by atoms with Gasteiger partial charge < -0.3 is 24.7 Å². The van der Waals surface area contributed by atoms with E-state index in [1.165, 1.54) is 0 Å². The van der Waals surface area contributed by atoms with Gasteiger partial charge in [-0.15, -0.1) is 0 Å². The van der Waals surface area contributed by atoms with Crippen LogP contribution in [0.5, 0.6) is 5.75 Å². The van der Waals surface area contributed by atoms with Gasteiger partial charge in [0.25, 0.3) is 0 Å². The zero-order valence-corrected chi connectivity index (χ0v) is 16.6. The summed E-state index contributed by atoms with van der Waals surface area (Å²) >= 11 is 0. The Kier molecular flexibility index (Phi) is 6.21. The van der Waals surface area contributed by atoms with Crippen LogP contribution in [0.4, 0.5) is 5.69 Å². The summed E-state index contributed by atoms with van der Waals surface area (Å²) in [6, 6.07) is 8.47. The second kappa shape index (κ2) is 8.79. The fourth-order valence-electron chi connectivity index (χ4n) is 3.25. The van der Waals surface area contributed by atoms with Gasteiger partial charge in [-0.1, -0.05) is 12.1 Å². The Morgan fingerprint density at radius 3 is 2.89 bits per heavy atom. The molecule has 0 saturated carbocycles. The maximum atomic E-state index is 5.62. The van der Waals surface area contributed by atoms with Crippen LogP contribution < -0.4 is 20.3 Å². The Morgan fingerprint density at radius 1 is 1.37 bits per heavy atom. The highest BCUT2D eigenvalue weighted by Crippen LogP contribution is 2.30. The average Bonchev–Trinajstić information content (AvgIpc) is 3.26. The second-order valence-electron chi connectivity index (χ2n) is 6.69. The molecular weight excluding hydrogens is 342 g/mol. The predicted molar refractivity (Wildman–Crippen MR) is 108 cm³/mol. The molecule has 1 aromatic carbocycles. The number of hydrogen-bond acceptors (Lipinski definition) is 5. The highest BCUT2D eigenvalue weighted by molar-refractivity contribution is 5.80. The first kappa shape index (κ1) is 19.1. The summed E-state index contributed by atoms with van der Waals surface area (Å²) in [7, 11) is 1.71. The lowest BCUT2D eigenvalue weighted by molar-refractivity contribution is 0.415. The lowest BCUT2D eigenvalue weighted by Gasteiger charge is -2.22. The molecule has 0 amide bonds. The van der Waals surface area contributed by atoms with Crippen molar-refractivity contribution in [3.63, 3.8) is 0 Å². The van der Waals surface area contributed by atoms with Crippen LogP contribution >= 0.6 is 0 Å². The van der Waals surface area contributed by atoms with Gasteiger partial charge in [-0.2, -0.15) is 0 Å². The molecule has 1 aliphatic heterocycles. The van der Waals surface area contributed by atoms with Crippen LogP contribution in [0.2, 0.25) is 0 Å². The highest BCUT2D eigenvalue weighted by Gasteiger charge is 2.25. The zero-order chi connectivity index (χ0) is 19.2. The summed E-state index contributed by atoms with van der Waals surface area (Å²) in [6.07, 6.45) is 1.04.